The zero-order chi connectivity index (χ0) is 12.5. The first-order valence-electron chi connectivity index (χ1n) is 3.83. The SMILES string of the molecule is Nc1cc(OC(F)(F)F)cc(Br)c1C(F)F. The molecule has 0 heterocycles. The van der Waals surface area contributed by atoms with Gasteiger partial charge in [0, 0.05) is 16.2 Å². The highest BCUT2D eigenvalue weighted by atomic mass is 79.9. The molecule has 90 valence electrons. The van der Waals surface area contributed by atoms with Crippen molar-refractivity contribution in [3.05, 3.63) is 22.2 Å². The van der Waals surface area contributed by atoms with Gasteiger partial charge in [-0.2, -0.15) is 0 Å². The summed E-state index contributed by atoms with van der Waals surface area (Å²) in [6.45, 7) is 0. The Kier molecular flexibility index (Phi) is 3.61. The van der Waals surface area contributed by atoms with Gasteiger partial charge in [0.05, 0.1) is 5.56 Å². The smallest absolute Gasteiger partial charge is 0.406 e. The average molecular weight is 306 g/mol. The van der Waals surface area contributed by atoms with Gasteiger partial charge in [0.2, 0.25) is 0 Å². The third-order valence-corrected chi connectivity index (χ3v) is 2.24. The lowest BCUT2D eigenvalue weighted by atomic mass is 10.2. The molecule has 8 heteroatoms. The number of nitrogens with two attached hydrogens (primary N) is 1. The number of anilines is 1. The van der Waals surface area contributed by atoms with Crippen molar-refractivity contribution in [2.75, 3.05) is 5.73 Å². The quantitative estimate of drug-likeness (QED) is 0.665. The van der Waals surface area contributed by atoms with Crippen LogP contribution >= 0.6 is 15.9 Å². The highest BCUT2D eigenvalue weighted by molar-refractivity contribution is 9.10. The van der Waals surface area contributed by atoms with Crippen molar-refractivity contribution >= 4 is 21.6 Å². The van der Waals surface area contributed by atoms with Crippen molar-refractivity contribution in [3.8, 4) is 5.75 Å². The average Bonchev–Trinajstić information content (AvgIpc) is 1.96. The monoisotopic (exact) mass is 305 g/mol. The second-order valence-electron chi connectivity index (χ2n) is 2.76. The van der Waals surface area contributed by atoms with E-state index in [-0.39, 0.29) is 4.47 Å². The summed E-state index contributed by atoms with van der Waals surface area (Å²) in [4.78, 5) is 0. The number of halogens is 6. The Bertz CT molecular complexity index is 370. The molecule has 0 unspecified atom stereocenters. The van der Waals surface area contributed by atoms with Crippen LogP contribution in [0.4, 0.5) is 27.6 Å². The molecule has 0 aromatic heterocycles. The van der Waals surface area contributed by atoms with E-state index in [9.17, 15) is 22.0 Å². The van der Waals surface area contributed by atoms with Crippen LogP contribution in [-0.4, -0.2) is 6.36 Å². The van der Waals surface area contributed by atoms with Crippen LogP contribution in [-0.2, 0) is 0 Å². The molecule has 16 heavy (non-hydrogen) atoms. The minimum absolute atomic E-state index is 0.234. The van der Waals surface area contributed by atoms with Crippen LogP contribution in [0.15, 0.2) is 16.6 Å². The summed E-state index contributed by atoms with van der Waals surface area (Å²) in [5.41, 5.74) is 4.16. The molecule has 0 bridgehead atoms. The fourth-order valence-corrected chi connectivity index (χ4v) is 1.66. The minimum atomic E-state index is -4.89. The summed E-state index contributed by atoms with van der Waals surface area (Å²) in [6.07, 6.45) is -7.77. The van der Waals surface area contributed by atoms with Crippen LogP contribution in [0.2, 0.25) is 0 Å². The first-order chi connectivity index (χ1) is 7.20. The van der Waals surface area contributed by atoms with Crippen molar-refractivity contribution in [3.63, 3.8) is 0 Å². The van der Waals surface area contributed by atoms with Crippen LogP contribution in [0, 0.1) is 0 Å². The van der Waals surface area contributed by atoms with E-state index in [4.69, 9.17) is 5.73 Å². The second-order valence-corrected chi connectivity index (χ2v) is 3.61. The molecule has 0 radical (unpaired) electrons. The standard InChI is InChI=1S/C8H5BrF5NO/c9-4-1-3(16-8(12,13)14)2-5(15)6(4)7(10)11/h1-2,7H,15H2. The molecule has 0 saturated carbocycles. The molecule has 2 nitrogen and oxygen atoms in total. The van der Waals surface area contributed by atoms with E-state index in [2.05, 4.69) is 20.7 Å². The van der Waals surface area contributed by atoms with Gasteiger partial charge in [0.15, 0.2) is 0 Å². The maximum absolute atomic E-state index is 12.4. The van der Waals surface area contributed by atoms with Crippen LogP contribution < -0.4 is 10.5 Å². The van der Waals surface area contributed by atoms with E-state index in [1.807, 2.05) is 0 Å². The Labute approximate surface area is 95.3 Å². The lowest BCUT2D eigenvalue weighted by Gasteiger charge is -2.12. The van der Waals surface area contributed by atoms with Gasteiger partial charge in [-0.25, -0.2) is 8.78 Å². The highest BCUT2D eigenvalue weighted by Gasteiger charge is 2.31. The summed E-state index contributed by atoms with van der Waals surface area (Å²) in [6, 6.07) is 1.48. The molecule has 0 aliphatic carbocycles. The molecular weight excluding hydrogens is 301 g/mol. The highest BCUT2D eigenvalue weighted by Crippen LogP contribution is 2.37. The lowest BCUT2D eigenvalue weighted by molar-refractivity contribution is -0.274. The van der Waals surface area contributed by atoms with Crippen LogP contribution in [0.25, 0.3) is 0 Å². The van der Waals surface area contributed by atoms with Gasteiger partial charge >= 0.3 is 6.36 Å². The third kappa shape index (κ3) is 3.22. The van der Waals surface area contributed by atoms with E-state index < -0.39 is 29.8 Å². The maximum Gasteiger partial charge on any atom is 0.573 e. The predicted molar refractivity (Wildman–Crippen MR) is 50.2 cm³/mol. The number of alkyl halides is 5. The number of benzene rings is 1. The largest absolute Gasteiger partial charge is 0.573 e. The van der Waals surface area contributed by atoms with Gasteiger partial charge in [-0.05, 0) is 6.07 Å². The van der Waals surface area contributed by atoms with Gasteiger partial charge in [-0.1, -0.05) is 15.9 Å². The van der Waals surface area contributed by atoms with E-state index in [0.717, 1.165) is 6.07 Å². The first-order valence-corrected chi connectivity index (χ1v) is 4.63. The normalized spacial score (nSPS) is 11.9. The number of rotatable bonds is 2. The van der Waals surface area contributed by atoms with Crippen LogP contribution in [0.5, 0.6) is 5.75 Å². The lowest BCUT2D eigenvalue weighted by Crippen LogP contribution is -2.17. The van der Waals surface area contributed by atoms with Crippen molar-refractivity contribution < 1.29 is 26.7 Å². The van der Waals surface area contributed by atoms with E-state index >= 15 is 0 Å². The van der Waals surface area contributed by atoms with Crippen LogP contribution in [0.3, 0.4) is 0 Å². The molecule has 0 aliphatic rings. The molecule has 2 N–H and O–H groups in total. The molecule has 0 saturated heterocycles. The number of nitrogen functional groups attached to an aromatic ring is 1. The molecule has 1 rings (SSSR count). The molecule has 0 fully saturated rings. The van der Waals surface area contributed by atoms with Crippen molar-refractivity contribution in [2.24, 2.45) is 0 Å². The summed E-state index contributed by atoms with van der Waals surface area (Å²) < 4.78 is 63.6. The number of hydrogen-bond acceptors (Lipinski definition) is 2. The first kappa shape index (κ1) is 13.0. The number of ether oxygens (including phenoxy) is 1. The molecular formula is C8H5BrF5NO. The second kappa shape index (κ2) is 4.44. The van der Waals surface area contributed by atoms with Gasteiger partial charge < -0.3 is 10.5 Å². The summed E-state index contributed by atoms with van der Waals surface area (Å²) >= 11 is 2.70. The fourth-order valence-electron chi connectivity index (χ4n) is 1.04. The van der Waals surface area contributed by atoms with Crippen LogP contribution in [0.1, 0.15) is 12.0 Å². The van der Waals surface area contributed by atoms with E-state index in [1.165, 1.54) is 0 Å². The van der Waals surface area contributed by atoms with Gasteiger partial charge in [-0.15, -0.1) is 13.2 Å². The Balaban J connectivity index is 3.10. The minimum Gasteiger partial charge on any atom is -0.406 e. The molecule has 0 atom stereocenters. The molecule has 1 aromatic rings. The van der Waals surface area contributed by atoms with Crippen molar-refractivity contribution in [1.29, 1.82) is 0 Å². The zero-order valence-corrected chi connectivity index (χ0v) is 9.07. The fraction of sp³-hybridized carbons (Fsp3) is 0.250. The summed E-state index contributed by atoms with van der Waals surface area (Å²) in [5, 5.41) is 0. The third-order valence-electron chi connectivity index (χ3n) is 1.59. The van der Waals surface area contributed by atoms with Gasteiger partial charge in [-0.3, -0.25) is 0 Å². The molecule has 0 amide bonds. The summed E-state index contributed by atoms with van der Waals surface area (Å²) in [5.74, 6) is -0.652. The van der Waals surface area contributed by atoms with E-state index in [0.29, 0.717) is 6.07 Å². The Morgan fingerprint density at radius 1 is 1.25 bits per heavy atom. The summed E-state index contributed by atoms with van der Waals surface area (Å²) in [7, 11) is 0. The van der Waals surface area contributed by atoms with Crippen molar-refractivity contribution in [2.45, 2.75) is 12.8 Å². The zero-order valence-electron chi connectivity index (χ0n) is 7.49. The Morgan fingerprint density at radius 2 is 1.81 bits per heavy atom. The van der Waals surface area contributed by atoms with E-state index in [1.54, 1.807) is 0 Å². The molecule has 1 aromatic carbocycles. The number of hydrogen-bond donors (Lipinski definition) is 1. The van der Waals surface area contributed by atoms with Gasteiger partial charge in [0.25, 0.3) is 6.43 Å². The van der Waals surface area contributed by atoms with Gasteiger partial charge in [0.1, 0.15) is 5.75 Å². The molecule has 0 aliphatic heterocycles. The maximum atomic E-state index is 12.4. The predicted octanol–water partition coefficient (Wildman–Crippen LogP) is 3.87. The van der Waals surface area contributed by atoms with Crippen molar-refractivity contribution in [1.82, 2.24) is 0 Å². The topological polar surface area (TPSA) is 35.2 Å². The Hall–Kier alpha value is -1.05. The Morgan fingerprint density at radius 3 is 2.19 bits per heavy atom. The molecule has 0 spiro atoms.